The average Bonchev–Trinajstić information content (AvgIpc) is 2.98. The molecule has 0 saturated carbocycles. The topological polar surface area (TPSA) is 12.5 Å². The molecule has 0 aliphatic carbocycles. The van der Waals surface area contributed by atoms with Crippen LogP contribution in [0.5, 0.6) is 11.5 Å². The summed E-state index contributed by atoms with van der Waals surface area (Å²) in [6.07, 6.45) is 0. The number of rotatable bonds is 5. The zero-order valence-corrected chi connectivity index (χ0v) is 20.8. The monoisotopic (exact) mass is 487 g/mol. The predicted molar refractivity (Wildman–Crippen MR) is 160 cm³/mol. The van der Waals surface area contributed by atoms with Crippen molar-refractivity contribution in [1.29, 1.82) is 0 Å². The predicted octanol–water partition coefficient (Wildman–Crippen LogP) is 10.4. The summed E-state index contributed by atoms with van der Waals surface area (Å²) in [5.74, 6) is 1.66. The molecule has 180 valence electrons. The van der Waals surface area contributed by atoms with Gasteiger partial charge in [-0.25, -0.2) is 0 Å². The Morgan fingerprint density at radius 1 is 0.395 bits per heavy atom. The van der Waals surface area contributed by atoms with Crippen molar-refractivity contribution in [2.45, 2.75) is 0 Å². The zero-order chi connectivity index (χ0) is 25.3. The molecule has 0 aromatic heterocycles. The van der Waals surface area contributed by atoms with E-state index in [-0.39, 0.29) is 0 Å². The van der Waals surface area contributed by atoms with Crippen molar-refractivity contribution >= 4 is 49.4 Å². The molecule has 0 fully saturated rings. The van der Waals surface area contributed by atoms with Crippen molar-refractivity contribution in [1.82, 2.24) is 0 Å². The SMILES string of the molecule is c1ccc2cc(N(c3ccc(Oc4cccc5ccccc45)cc3)c3cccc4ccccc34)ccc2c1. The number of nitrogens with zero attached hydrogens (tertiary/aromatic N) is 1. The van der Waals surface area contributed by atoms with Crippen LogP contribution in [0.15, 0.2) is 152 Å². The summed E-state index contributed by atoms with van der Waals surface area (Å²) < 4.78 is 6.35. The molecule has 0 saturated heterocycles. The van der Waals surface area contributed by atoms with Crippen molar-refractivity contribution in [3.8, 4) is 11.5 Å². The van der Waals surface area contributed by atoms with Gasteiger partial charge in [0.25, 0.3) is 0 Å². The molecule has 0 amide bonds. The van der Waals surface area contributed by atoms with Crippen LogP contribution >= 0.6 is 0 Å². The van der Waals surface area contributed by atoms with E-state index in [1.165, 1.54) is 26.9 Å². The minimum Gasteiger partial charge on any atom is -0.457 e. The molecule has 7 aromatic carbocycles. The highest BCUT2D eigenvalue weighted by Crippen LogP contribution is 2.40. The maximum absolute atomic E-state index is 6.35. The first-order valence-corrected chi connectivity index (χ1v) is 12.9. The Bertz CT molecular complexity index is 1900. The average molecular weight is 488 g/mol. The van der Waals surface area contributed by atoms with E-state index in [2.05, 4.69) is 138 Å². The standard InChI is InChI=1S/C36H25NO/c1-2-12-29-25-31(20-19-26(29)9-1)37(35-17-7-13-27-10-3-5-15-33(27)35)30-21-23-32(24-22-30)38-36-18-8-14-28-11-4-6-16-34(28)36/h1-25H. The third kappa shape index (κ3) is 4.03. The molecule has 0 spiro atoms. The first kappa shape index (κ1) is 22.1. The van der Waals surface area contributed by atoms with Gasteiger partial charge in [0, 0.05) is 22.1 Å². The molecular formula is C36H25NO. The molecule has 0 radical (unpaired) electrons. The van der Waals surface area contributed by atoms with E-state index >= 15 is 0 Å². The summed E-state index contributed by atoms with van der Waals surface area (Å²) in [6, 6.07) is 53.0. The van der Waals surface area contributed by atoms with E-state index in [0.29, 0.717) is 0 Å². The van der Waals surface area contributed by atoms with Crippen molar-refractivity contribution in [3.05, 3.63) is 152 Å². The van der Waals surface area contributed by atoms with Gasteiger partial charge in [-0.05, 0) is 70.1 Å². The van der Waals surface area contributed by atoms with Gasteiger partial charge in [-0.1, -0.05) is 103 Å². The maximum atomic E-state index is 6.35. The number of ether oxygens (including phenoxy) is 1. The highest BCUT2D eigenvalue weighted by molar-refractivity contribution is 6.00. The van der Waals surface area contributed by atoms with Gasteiger partial charge in [-0.2, -0.15) is 0 Å². The molecule has 0 bridgehead atoms. The molecule has 2 heteroatoms. The number of fused-ring (bicyclic) bond motifs is 3. The van der Waals surface area contributed by atoms with Gasteiger partial charge in [0.15, 0.2) is 0 Å². The Balaban J connectivity index is 1.33. The van der Waals surface area contributed by atoms with E-state index < -0.39 is 0 Å². The second-order valence-corrected chi connectivity index (χ2v) is 9.44. The van der Waals surface area contributed by atoms with Gasteiger partial charge >= 0.3 is 0 Å². The van der Waals surface area contributed by atoms with Crippen LogP contribution in [0.4, 0.5) is 17.1 Å². The lowest BCUT2D eigenvalue weighted by atomic mass is 10.0. The number of anilines is 3. The van der Waals surface area contributed by atoms with Crippen LogP contribution in [0.2, 0.25) is 0 Å². The lowest BCUT2D eigenvalue weighted by molar-refractivity contribution is 0.488. The maximum Gasteiger partial charge on any atom is 0.135 e. The van der Waals surface area contributed by atoms with Crippen molar-refractivity contribution in [3.63, 3.8) is 0 Å². The quantitative estimate of drug-likeness (QED) is 0.239. The van der Waals surface area contributed by atoms with Crippen molar-refractivity contribution in [2.24, 2.45) is 0 Å². The number of hydrogen-bond donors (Lipinski definition) is 0. The van der Waals surface area contributed by atoms with Gasteiger partial charge in [-0.3, -0.25) is 0 Å². The molecule has 0 unspecified atom stereocenters. The van der Waals surface area contributed by atoms with E-state index in [1.54, 1.807) is 0 Å². The molecular weight excluding hydrogens is 462 g/mol. The molecule has 0 heterocycles. The Morgan fingerprint density at radius 3 is 1.76 bits per heavy atom. The highest BCUT2D eigenvalue weighted by Gasteiger charge is 2.16. The fourth-order valence-corrected chi connectivity index (χ4v) is 5.22. The fourth-order valence-electron chi connectivity index (χ4n) is 5.22. The van der Waals surface area contributed by atoms with Gasteiger partial charge in [-0.15, -0.1) is 0 Å². The molecule has 2 nitrogen and oxygen atoms in total. The summed E-state index contributed by atoms with van der Waals surface area (Å²) in [5, 5.41) is 7.14. The van der Waals surface area contributed by atoms with Gasteiger partial charge in [0.1, 0.15) is 11.5 Å². The number of benzene rings is 7. The fraction of sp³-hybridized carbons (Fsp3) is 0. The first-order valence-electron chi connectivity index (χ1n) is 12.9. The molecule has 7 rings (SSSR count). The Labute approximate surface area is 222 Å². The van der Waals surface area contributed by atoms with Crippen molar-refractivity contribution in [2.75, 3.05) is 4.90 Å². The molecule has 7 aromatic rings. The normalized spacial score (nSPS) is 11.2. The molecule has 0 aliphatic rings. The minimum atomic E-state index is 0.807. The third-order valence-electron chi connectivity index (χ3n) is 7.07. The van der Waals surface area contributed by atoms with E-state index in [4.69, 9.17) is 4.74 Å². The summed E-state index contributed by atoms with van der Waals surface area (Å²) in [4.78, 5) is 2.33. The second-order valence-electron chi connectivity index (χ2n) is 9.44. The Morgan fingerprint density at radius 2 is 0.974 bits per heavy atom. The van der Waals surface area contributed by atoms with Crippen LogP contribution in [0.1, 0.15) is 0 Å². The smallest absolute Gasteiger partial charge is 0.135 e. The van der Waals surface area contributed by atoms with E-state index in [0.717, 1.165) is 33.9 Å². The van der Waals surface area contributed by atoms with E-state index in [9.17, 15) is 0 Å². The Hall–Kier alpha value is -5.08. The van der Waals surface area contributed by atoms with Crippen molar-refractivity contribution < 1.29 is 4.74 Å². The summed E-state index contributed by atoms with van der Waals surface area (Å²) in [7, 11) is 0. The largest absolute Gasteiger partial charge is 0.457 e. The lowest BCUT2D eigenvalue weighted by Gasteiger charge is -2.27. The van der Waals surface area contributed by atoms with Gasteiger partial charge < -0.3 is 9.64 Å². The van der Waals surface area contributed by atoms with Crippen LogP contribution in [0.25, 0.3) is 32.3 Å². The Kier molecular flexibility index (Phi) is 5.49. The summed E-state index contributed by atoms with van der Waals surface area (Å²) >= 11 is 0. The van der Waals surface area contributed by atoms with Crippen LogP contribution in [0.3, 0.4) is 0 Å². The first-order chi connectivity index (χ1) is 18.8. The zero-order valence-electron chi connectivity index (χ0n) is 20.8. The summed E-state index contributed by atoms with van der Waals surface area (Å²) in [5.41, 5.74) is 3.32. The van der Waals surface area contributed by atoms with Gasteiger partial charge in [0.05, 0.1) is 5.69 Å². The van der Waals surface area contributed by atoms with Crippen LogP contribution in [-0.4, -0.2) is 0 Å². The van der Waals surface area contributed by atoms with Crippen LogP contribution < -0.4 is 9.64 Å². The van der Waals surface area contributed by atoms with Crippen LogP contribution in [0, 0.1) is 0 Å². The third-order valence-corrected chi connectivity index (χ3v) is 7.07. The molecule has 0 aliphatic heterocycles. The van der Waals surface area contributed by atoms with Gasteiger partial charge in [0.2, 0.25) is 0 Å². The number of hydrogen-bond acceptors (Lipinski definition) is 2. The lowest BCUT2D eigenvalue weighted by Crippen LogP contribution is -2.10. The molecule has 38 heavy (non-hydrogen) atoms. The molecule has 0 N–H and O–H groups in total. The second kappa shape index (κ2) is 9.42. The van der Waals surface area contributed by atoms with Crippen LogP contribution in [-0.2, 0) is 0 Å². The summed E-state index contributed by atoms with van der Waals surface area (Å²) in [6.45, 7) is 0. The minimum absolute atomic E-state index is 0.807. The van der Waals surface area contributed by atoms with E-state index in [1.807, 2.05) is 18.2 Å². The molecule has 0 atom stereocenters. The highest BCUT2D eigenvalue weighted by atomic mass is 16.5.